The van der Waals surface area contributed by atoms with Gasteiger partial charge in [-0.1, -0.05) is 35.9 Å². The first-order valence-electron chi connectivity index (χ1n) is 5.84. The SMILES string of the molecule is N#CC(O)C1Oc2ccc(Cl)cc2-c2ccccc21. The molecule has 0 fully saturated rings. The van der Waals surface area contributed by atoms with Crippen molar-refractivity contribution in [1.29, 1.82) is 5.26 Å². The number of hydrogen-bond acceptors (Lipinski definition) is 3. The molecule has 4 heteroatoms. The number of halogens is 1. The summed E-state index contributed by atoms with van der Waals surface area (Å²) >= 11 is 6.01. The third-order valence-electron chi connectivity index (χ3n) is 3.17. The van der Waals surface area contributed by atoms with Crippen LogP contribution < -0.4 is 4.74 Å². The van der Waals surface area contributed by atoms with E-state index in [0.717, 1.165) is 16.7 Å². The number of nitrogens with zero attached hydrogens (tertiary/aromatic N) is 1. The molecule has 0 saturated heterocycles. The molecule has 0 bridgehead atoms. The van der Waals surface area contributed by atoms with Crippen LogP contribution in [0.1, 0.15) is 11.7 Å². The van der Waals surface area contributed by atoms with Gasteiger partial charge in [0.1, 0.15) is 5.75 Å². The smallest absolute Gasteiger partial charge is 0.181 e. The number of fused-ring (bicyclic) bond motifs is 3. The largest absolute Gasteiger partial charge is 0.481 e. The van der Waals surface area contributed by atoms with Crippen LogP contribution in [0, 0.1) is 11.3 Å². The minimum atomic E-state index is -1.20. The van der Waals surface area contributed by atoms with Crippen molar-refractivity contribution >= 4 is 11.6 Å². The van der Waals surface area contributed by atoms with E-state index in [1.165, 1.54) is 0 Å². The van der Waals surface area contributed by atoms with Crippen LogP contribution in [0.15, 0.2) is 42.5 Å². The maximum atomic E-state index is 9.80. The maximum absolute atomic E-state index is 9.80. The topological polar surface area (TPSA) is 53.2 Å². The molecule has 0 spiro atoms. The number of benzene rings is 2. The molecule has 2 aromatic carbocycles. The summed E-state index contributed by atoms with van der Waals surface area (Å²) in [6.07, 6.45) is -1.88. The molecule has 0 amide bonds. The van der Waals surface area contributed by atoms with Crippen LogP contribution in [0.4, 0.5) is 0 Å². The van der Waals surface area contributed by atoms with Gasteiger partial charge in [0.2, 0.25) is 0 Å². The number of aliphatic hydroxyl groups excluding tert-OH is 1. The zero-order valence-electron chi connectivity index (χ0n) is 9.88. The summed E-state index contributed by atoms with van der Waals surface area (Å²) in [5.41, 5.74) is 2.61. The van der Waals surface area contributed by atoms with Crippen molar-refractivity contribution in [2.75, 3.05) is 0 Å². The molecule has 3 rings (SSSR count). The average Bonchev–Trinajstić information content (AvgIpc) is 2.46. The molecule has 1 aliphatic heterocycles. The van der Waals surface area contributed by atoms with E-state index < -0.39 is 12.2 Å². The fourth-order valence-electron chi connectivity index (χ4n) is 2.31. The highest BCUT2D eigenvalue weighted by molar-refractivity contribution is 6.31. The Bertz CT molecular complexity index is 678. The number of hydrogen-bond donors (Lipinski definition) is 1. The lowest BCUT2D eigenvalue weighted by molar-refractivity contribution is 0.0697. The van der Waals surface area contributed by atoms with Crippen molar-refractivity contribution in [3.63, 3.8) is 0 Å². The second kappa shape index (κ2) is 4.58. The van der Waals surface area contributed by atoms with E-state index in [9.17, 15) is 5.11 Å². The van der Waals surface area contributed by atoms with Gasteiger partial charge in [-0.15, -0.1) is 0 Å². The summed E-state index contributed by atoms with van der Waals surface area (Å²) in [7, 11) is 0. The highest BCUT2D eigenvalue weighted by Gasteiger charge is 2.31. The molecule has 2 atom stereocenters. The quantitative estimate of drug-likeness (QED) is 0.810. The summed E-state index contributed by atoms with van der Waals surface area (Å²) in [6.45, 7) is 0. The highest BCUT2D eigenvalue weighted by Crippen LogP contribution is 2.44. The molecule has 1 heterocycles. The molecule has 0 saturated carbocycles. The van der Waals surface area contributed by atoms with Crippen molar-refractivity contribution in [3.05, 3.63) is 53.1 Å². The lowest BCUT2D eigenvalue weighted by Gasteiger charge is -2.29. The van der Waals surface area contributed by atoms with Gasteiger partial charge in [-0.3, -0.25) is 0 Å². The Morgan fingerprint density at radius 1 is 1.21 bits per heavy atom. The first-order valence-corrected chi connectivity index (χ1v) is 6.21. The van der Waals surface area contributed by atoms with E-state index in [1.54, 1.807) is 12.1 Å². The predicted octanol–water partition coefficient (Wildman–Crippen LogP) is 3.32. The van der Waals surface area contributed by atoms with E-state index in [2.05, 4.69) is 0 Å². The van der Waals surface area contributed by atoms with Gasteiger partial charge in [-0.05, 0) is 23.8 Å². The van der Waals surface area contributed by atoms with Crippen LogP contribution in [-0.2, 0) is 0 Å². The fraction of sp³-hybridized carbons (Fsp3) is 0.133. The summed E-state index contributed by atoms with van der Waals surface area (Å²) in [5.74, 6) is 0.627. The van der Waals surface area contributed by atoms with Crippen molar-refractivity contribution < 1.29 is 9.84 Å². The Labute approximate surface area is 115 Å². The monoisotopic (exact) mass is 271 g/mol. The summed E-state index contributed by atoms with van der Waals surface area (Å²) in [6, 6.07) is 14.7. The van der Waals surface area contributed by atoms with Crippen LogP contribution in [0.25, 0.3) is 11.1 Å². The number of aliphatic hydroxyl groups is 1. The second-order valence-corrected chi connectivity index (χ2v) is 4.78. The molecule has 1 N–H and O–H groups in total. The van der Waals surface area contributed by atoms with Gasteiger partial charge in [-0.25, -0.2) is 0 Å². The van der Waals surface area contributed by atoms with Crippen LogP contribution >= 0.6 is 11.6 Å². The van der Waals surface area contributed by atoms with E-state index in [0.29, 0.717) is 10.8 Å². The Morgan fingerprint density at radius 3 is 2.79 bits per heavy atom. The average molecular weight is 272 g/mol. The molecule has 2 unspecified atom stereocenters. The van der Waals surface area contributed by atoms with Gasteiger partial charge in [0.25, 0.3) is 0 Å². The third kappa shape index (κ3) is 1.95. The van der Waals surface area contributed by atoms with Gasteiger partial charge < -0.3 is 9.84 Å². The maximum Gasteiger partial charge on any atom is 0.181 e. The summed E-state index contributed by atoms with van der Waals surface area (Å²) in [5, 5.41) is 19.3. The van der Waals surface area contributed by atoms with Gasteiger partial charge in [0, 0.05) is 16.1 Å². The lowest BCUT2D eigenvalue weighted by atomic mass is 9.91. The van der Waals surface area contributed by atoms with Crippen molar-refractivity contribution in [3.8, 4) is 22.9 Å². The summed E-state index contributed by atoms with van der Waals surface area (Å²) < 4.78 is 5.73. The zero-order chi connectivity index (χ0) is 13.4. The van der Waals surface area contributed by atoms with Gasteiger partial charge >= 0.3 is 0 Å². The van der Waals surface area contributed by atoms with Crippen LogP contribution in [0.3, 0.4) is 0 Å². The van der Waals surface area contributed by atoms with Crippen molar-refractivity contribution in [1.82, 2.24) is 0 Å². The standard InChI is InChI=1S/C15H10ClNO2/c16-9-5-6-14-12(7-9)10-3-1-2-4-11(10)15(19-14)13(18)8-17/h1-7,13,15,18H. The van der Waals surface area contributed by atoms with E-state index in [4.69, 9.17) is 21.6 Å². The number of ether oxygens (including phenoxy) is 1. The van der Waals surface area contributed by atoms with E-state index in [-0.39, 0.29) is 0 Å². The Balaban J connectivity index is 2.21. The van der Waals surface area contributed by atoms with Crippen LogP contribution in [0.2, 0.25) is 5.02 Å². The molecule has 19 heavy (non-hydrogen) atoms. The van der Waals surface area contributed by atoms with Crippen molar-refractivity contribution in [2.45, 2.75) is 12.2 Å². The van der Waals surface area contributed by atoms with Crippen LogP contribution in [-0.4, -0.2) is 11.2 Å². The third-order valence-corrected chi connectivity index (χ3v) is 3.41. The van der Waals surface area contributed by atoms with Gasteiger partial charge in [0.15, 0.2) is 12.2 Å². The molecule has 0 aliphatic carbocycles. The summed E-state index contributed by atoms with van der Waals surface area (Å²) in [4.78, 5) is 0. The van der Waals surface area contributed by atoms with E-state index >= 15 is 0 Å². The number of nitriles is 1. The highest BCUT2D eigenvalue weighted by atomic mass is 35.5. The molecule has 2 aromatic rings. The molecule has 0 aromatic heterocycles. The van der Waals surface area contributed by atoms with Gasteiger partial charge in [-0.2, -0.15) is 5.26 Å². The van der Waals surface area contributed by atoms with Crippen LogP contribution in [0.5, 0.6) is 5.75 Å². The zero-order valence-corrected chi connectivity index (χ0v) is 10.6. The normalized spacial score (nSPS) is 17.6. The Morgan fingerprint density at radius 2 is 2.00 bits per heavy atom. The fourth-order valence-corrected chi connectivity index (χ4v) is 2.48. The predicted molar refractivity (Wildman–Crippen MR) is 71.9 cm³/mol. The molecular formula is C15H10ClNO2. The molecule has 94 valence electrons. The Hall–Kier alpha value is -2.02. The van der Waals surface area contributed by atoms with Gasteiger partial charge in [0.05, 0.1) is 6.07 Å². The molecule has 0 radical (unpaired) electrons. The minimum absolute atomic E-state index is 0.622. The first-order chi connectivity index (χ1) is 9.20. The van der Waals surface area contributed by atoms with Crippen molar-refractivity contribution in [2.24, 2.45) is 0 Å². The first kappa shape index (κ1) is 12.0. The molecule has 3 nitrogen and oxygen atoms in total. The molecule has 1 aliphatic rings. The number of rotatable bonds is 1. The minimum Gasteiger partial charge on any atom is -0.481 e. The van der Waals surface area contributed by atoms with E-state index in [1.807, 2.05) is 36.4 Å². The second-order valence-electron chi connectivity index (χ2n) is 4.34. The molecular weight excluding hydrogens is 262 g/mol. The lowest BCUT2D eigenvalue weighted by Crippen LogP contribution is -2.25. The Kier molecular flexibility index (Phi) is 2.90.